The van der Waals surface area contributed by atoms with Gasteiger partial charge < -0.3 is 0 Å². The summed E-state index contributed by atoms with van der Waals surface area (Å²) < 4.78 is 0.789. The first-order valence-corrected chi connectivity index (χ1v) is 6.60. The minimum absolute atomic E-state index is 0.115. The van der Waals surface area contributed by atoms with E-state index in [1.165, 1.54) is 0 Å². The largest absolute Gasteiger partial charge is 0.292 e. The molecule has 0 bridgehead atoms. The Labute approximate surface area is 109 Å². The zero-order chi connectivity index (χ0) is 12.3. The van der Waals surface area contributed by atoms with Crippen molar-refractivity contribution in [3.63, 3.8) is 0 Å². The minimum atomic E-state index is 0.115. The van der Waals surface area contributed by atoms with Gasteiger partial charge in [-0.1, -0.05) is 31.5 Å². The molecule has 0 saturated carbocycles. The lowest BCUT2D eigenvalue weighted by Gasteiger charge is -2.05. The fraction of sp³-hybridized carbons (Fsp3) is 0.286. The quantitative estimate of drug-likeness (QED) is 0.783. The van der Waals surface area contributed by atoms with E-state index in [0.29, 0.717) is 12.1 Å². The molecule has 0 amide bonds. The summed E-state index contributed by atoms with van der Waals surface area (Å²) in [6, 6.07) is 9.78. The third-order valence-electron chi connectivity index (χ3n) is 2.70. The minimum Gasteiger partial charge on any atom is -0.292 e. The molecule has 0 atom stereocenters. The van der Waals surface area contributed by atoms with Crippen LogP contribution in [0, 0.1) is 0 Å². The van der Waals surface area contributed by atoms with E-state index in [9.17, 15) is 4.79 Å². The molecule has 0 unspecified atom stereocenters. The number of fused-ring (bicyclic) bond motifs is 1. The number of aromatic nitrogens is 1. The molecule has 0 aliphatic rings. The van der Waals surface area contributed by atoms with Crippen LogP contribution in [-0.2, 0) is 0 Å². The predicted octanol–water partition coefficient (Wildman–Crippen LogP) is 4.37. The number of rotatable bonds is 4. The summed E-state index contributed by atoms with van der Waals surface area (Å²) in [5, 5.41) is 1.05. The van der Waals surface area contributed by atoms with E-state index in [4.69, 9.17) is 0 Å². The smallest absolute Gasteiger partial charge is 0.182 e. The summed E-state index contributed by atoms with van der Waals surface area (Å²) >= 11 is 3.43. The molecule has 0 fully saturated rings. The number of nitrogens with zero attached hydrogens (tertiary/aromatic N) is 1. The van der Waals surface area contributed by atoms with Crippen molar-refractivity contribution >= 4 is 32.6 Å². The van der Waals surface area contributed by atoms with E-state index in [-0.39, 0.29) is 5.78 Å². The van der Waals surface area contributed by atoms with Crippen molar-refractivity contribution in [3.8, 4) is 0 Å². The molecule has 1 aromatic carbocycles. The first-order valence-electron chi connectivity index (χ1n) is 5.81. The first kappa shape index (κ1) is 12.2. The van der Waals surface area contributed by atoms with Gasteiger partial charge >= 0.3 is 0 Å². The zero-order valence-electron chi connectivity index (χ0n) is 9.74. The molecule has 0 radical (unpaired) electrons. The summed E-state index contributed by atoms with van der Waals surface area (Å²) in [5.74, 6) is 0.115. The third kappa shape index (κ3) is 2.72. The number of carbonyl (C=O) groups is 1. The summed E-state index contributed by atoms with van der Waals surface area (Å²) in [6.07, 6.45) is 2.51. The molecule has 2 rings (SSSR count). The number of halogens is 1. The second kappa shape index (κ2) is 5.41. The van der Waals surface area contributed by atoms with Crippen molar-refractivity contribution in [2.75, 3.05) is 0 Å². The van der Waals surface area contributed by atoms with Crippen LogP contribution in [-0.4, -0.2) is 10.8 Å². The van der Waals surface area contributed by atoms with Gasteiger partial charge in [0.15, 0.2) is 5.78 Å². The van der Waals surface area contributed by atoms with Crippen LogP contribution in [0.1, 0.15) is 36.7 Å². The van der Waals surface area contributed by atoms with Crippen molar-refractivity contribution in [2.24, 2.45) is 0 Å². The highest BCUT2D eigenvalue weighted by Crippen LogP contribution is 2.22. The standard InChI is InChI=1S/C14H14BrNO/c1-2-3-8-13(17)14-11(15)9-10-6-4-5-7-12(10)16-14/h4-7,9H,2-3,8H2,1H3. The maximum absolute atomic E-state index is 12.0. The number of Topliss-reactive ketones (excluding diaryl/α,β-unsaturated/α-hetero) is 1. The Kier molecular flexibility index (Phi) is 3.89. The lowest BCUT2D eigenvalue weighted by molar-refractivity contribution is 0.0974. The Balaban J connectivity index is 2.40. The van der Waals surface area contributed by atoms with E-state index >= 15 is 0 Å². The van der Waals surface area contributed by atoms with Crippen LogP contribution in [0.25, 0.3) is 10.9 Å². The van der Waals surface area contributed by atoms with Crippen LogP contribution in [0.5, 0.6) is 0 Å². The average molecular weight is 292 g/mol. The van der Waals surface area contributed by atoms with Crippen LogP contribution in [0.15, 0.2) is 34.8 Å². The van der Waals surface area contributed by atoms with E-state index < -0.39 is 0 Å². The fourth-order valence-corrected chi connectivity index (χ4v) is 2.30. The number of pyridine rings is 1. The van der Waals surface area contributed by atoms with Gasteiger partial charge in [-0.25, -0.2) is 4.98 Å². The van der Waals surface area contributed by atoms with Crippen molar-refractivity contribution in [1.29, 1.82) is 0 Å². The fourth-order valence-electron chi connectivity index (χ4n) is 1.74. The number of unbranched alkanes of at least 4 members (excludes halogenated alkanes) is 1. The van der Waals surface area contributed by atoms with Gasteiger partial charge in [-0.2, -0.15) is 0 Å². The number of ketones is 1. The molecule has 0 saturated heterocycles. The number of hydrogen-bond donors (Lipinski definition) is 0. The first-order chi connectivity index (χ1) is 8.22. The van der Waals surface area contributed by atoms with Crippen LogP contribution in [0.2, 0.25) is 0 Å². The summed E-state index contributed by atoms with van der Waals surface area (Å²) in [6.45, 7) is 2.08. The normalized spacial score (nSPS) is 10.7. The Hall–Kier alpha value is -1.22. The molecular formula is C14H14BrNO. The van der Waals surface area contributed by atoms with Crippen LogP contribution in [0.4, 0.5) is 0 Å². The molecule has 2 aromatic rings. The van der Waals surface area contributed by atoms with Crippen molar-refractivity contribution in [2.45, 2.75) is 26.2 Å². The highest BCUT2D eigenvalue weighted by molar-refractivity contribution is 9.10. The van der Waals surface area contributed by atoms with Gasteiger partial charge in [0.1, 0.15) is 5.69 Å². The van der Waals surface area contributed by atoms with E-state index in [1.54, 1.807) is 0 Å². The molecular weight excluding hydrogens is 278 g/mol. The molecule has 2 nitrogen and oxygen atoms in total. The van der Waals surface area contributed by atoms with Crippen LogP contribution in [0.3, 0.4) is 0 Å². The average Bonchev–Trinajstić information content (AvgIpc) is 2.35. The van der Waals surface area contributed by atoms with Crippen LogP contribution >= 0.6 is 15.9 Å². The predicted molar refractivity (Wildman–Crippen MR) is 73.3 cm³/mol. The maximum atomic E-state index is 12.0. The molecule has 17 heavy (non-hydrogen) atoms. The van der Waals surface area contributed by atoms with Crippen molar-refractivity contribution < 1.29 is 4.79 Å². The molecule has 3 heteroatoms. The number of benzene rings is 1. The molecule has 0 N–H and O–H groups in total. The monoisotopic (exact) mass is 291 g/mol. The van der Waals surface area contributed by atoms with Gasteiger partial charge in [-0.05, 0) is 34.5 Å². The zero-order valence-corrected chi connectivity index (χ0v) is 11.3. The molecule has 0 spiro atoms. The highest BCUT2D eigenvalue weighted by Gasteiger charge is 2.12. The lowest BCUT2D eigenvalue weighted by atomic mass is 10.1. The molecule has 1 aromatic heterocycles. The van der Waals surface area contributed by atoms with E-state index in [2.05, 4.69) is 27.8 Å². The van der Waals surface area contributed by atoms with E-state index in [0.717, 1.165) is 28.2 Å². The van der Waals surface area contributed by atoms with Gasteiger partial charge in [0.25, 0.3) is 0 Å². The van der Waals surface area contributed by atoms with Gasteiger partial charge in [0.2, 0.25) is 0 Å². The van der Waals surface area contributed by atoms with Gasteiger partial charge in [-0.3, -0.25) is 4.79 Å². The van der Waals surface area contributed by atoms with Crippen LogP contribution < -0.4 is 0 Å². The molecule has 88 valence electrons. The molecule has 0 aliphatic heterocycles. The van der Waals surface area contributed by atoms with Gasteiger partial charge in [-0.15, -0.1) is 0 Å². The van der Waals surface area contributed by atoms with Crippen molar-refractivity contribution in [3.05, 3.63) is 40.5 Å². The van der Waals surface area contributed by atoms with Gasteiger partial charge in [0, 0.05) is 16.3 Å². The summed E-state index contributed by atoms with van der Waals surface area (Å²) in [4.78, 5) is 16.4. The molecule has 0 aliphatic carbocycles. The van der Waals surface area contributed by atoms with Gasteiger partial charge in [0.05, 0.1) is 5.52 Å². The maximum Gasteiger partial charge on any atom is 0.182 e. The summed E-state index contributed by atoms with van der Waals surface area (Å²) in [7, 11) is 0. The Morgan fingerprint density at radius 3 is 2.88 bits per heavy atom. The molecule has 1 heterocycles. The Morgan fingerprint density at radius 2 is 2.12 bits per heavy atom. The SMILES string of the molecule is CCCCC(=O)c1nc2ccccc2cc1Br. The topological polar surface area (TPSA) is 30.0 Å². The second-order valence-corrected chi connectivity index (χ2v) is 4.89. The number of carbonyl (C=O) groups excluding carboxylic acids is 1. The summed E-state index contributed by atoms with van der Waals surface area (Å²) in [5.41, 5.74) is 1.42. The number of hydrogen-bond acceptors (Lipinski definition) is 2. The lowest BCUT2D eigenvalue weighted by Crippen LogP contribution is -2.03. The Bertz CT molecular complexity index is 551. The number of para-hydroxylation sites is 1. The Morgan fingerprint density at radius 1 is 1.35 bits per heavy atom. The highest BCUT2D eigenvalue weighted by atomic mass is 79.9. The van der Waals surface area contributed by atoms with E-state index in [1.807, 2.05) is 30.3 Å². The second-order valence-electron chi connectivity index (χ2n) is 4.04. The third-order valence-corrected chi connectivity index (χ3v) is 3.30. The van der Waals surface area contributed by atoms with Crippen molar-refractivity contribution in [1.82, 2.24) is 4.98 Å².